The van der Waals surface area contributed by atoms with E-state index in [0.717, 1.165) is 47.5 Å². The van der Waals surface area contributed by atoms with Crippen LogP contribution in [0.15, 0.2) is 120 Å². The Morgan fingerprint density at radius 1 is 0.602 bits per heavy atom. The molecule has 536 valence electrons. The third-order valence-corrected chi connectivity index (χ3v) is 21.6. The van der Waals surface area contributed by atoms with E-state index in [-0.39, 0.29) is 103 Å². The van der Waals surface area contributed by atoms with E-state index >= 15 is 0 Å². The standard InChI is InChI=1S/C31H31Cl2F2N3O7S2.C22H22Cl2F2N2O4S.C9H10ClNO3S.ClH.2H2O/c1-37(2)28(39)20-4-3-5-21(12-20)47(41,42)38-10-11-46-29(38)30(40)44-26(14-22-23(32)15-36-16-24(22)33)19-8-9-25(45-31(34)35)27(13-19)43-17-18-6-7-18;23-15-9-27-10-16(24)14(15)8-18(31-21(29)20-28-5-6-33-20)13-3-4-17(32-22(25)26)19(7-13)30-11-12-1-2-12;1-11(2)9(12)7-4-3-5-8(6-7)15(10,13)14;;;/h3-5,8-9,12-13,15-16,18,26,29,31H,6-7,10-11,14,17H2,1-2H3;3-4,7,9-10,12,18,20,22,28H,1-2,5-6,8,11H2;3-6H,1-2H3;1H;2*1H2/t26-,29-;18-,20-;;;;/m00..../s1. The normalized spacial score (nSPS) is 16.4. The molecule has 0 spiro atoms. The van der Waals surface area contributed by atoms with E-state index in [0.29, 0.717) is 75.2 Å². The number of rotatable bonds is 25. The van der Waals surface area contributed by atoms with Gasteiger partial charge in [0.2, 0.25) is 10.0 Å². The van der Waals surface area contributed by atoms with E-state index in [4.69, 9.17) is 76.0 Å². The zero-order chi connectivity index (χ0) is 68.9. The Morgan fingerprint density at radius 3 is 1.43 bits per heavy atom. The molecule has 4 aliphatic rings. The molecule has 4 heterocycles. The molecular formula is C62H68Cl6F4N6O16S4. The monoisotopic (exact) mass is 1570 g/mol. The molecule has 98 heavy (non-hydrogen) atoms. The number of nitrogens with one attached hydrogen (secondary N) is 3. The average Bonchev–Trinajstić information content (AvgIpc) is 1.35. The third-order valence-electron chi connectivity index (χ3n) is 14.6. The predicted octanol–water partition coefficient (Wildman–Crippen LogP) is 11.6. The molecule has 5 N–H and O–H groups in total. The Morgan fingerprint density at radius 2 is 1.03 bits per heavy atom. The molecule has 2 saturated carbocycles. The van der Waals surface area contributed by atoms with Crippen LogP contribution in [0.5, 0.6) is 23.0 Å². The van der Waals surface area contributed by atoms with Crippen LogP contribution in [0.1, 0.15) is 80.9 Å². The predicted molar refractivity (Wildman–Crippen MR) is 361 cm³/mol. The van der Waals surface area contributed by atoms with Crippen LogP contribution in [0.3, 0.4) is 0 Å². The van der Waals surface area contributed by atoms with Gasteiger partial charge in [0.25, 0.3) is 20.9 Å². The summed E-state index contributed by atoms with van der Waals surface area (Å²) in [5, 5.41) is 2.65. The van der Waals surface area contributed by atoms with Crippen LogP contribution < -0.4 is 34.2 Å². The highest BCUT2D eigenvalue weighted by molar-refractivity contribution is 8.13. The number of benzene rings is 4. The maximum atomic E-state index is 13.8. The molecule has 4 atom stereocenters. The number of ether oxygens (including phenoxy) is 6. The number of thioether (sulfide) groups is 2. The Bertz CT molecular complexity index is 3930. The van der Waals surface area contributed by atoms with E-state index in [9.17, 15) is 53.6 Å². The van der Waals surface area contributed by atoms with Crippen LogP contribution in [0.2, 0.25) is 20.1 Å². The fraction of sp³-hybridized carbons (Fsp3) is 0.387. The minimum absolute atomic E-state index is 0. The molecule has 2 aliphatic carbocycles. The summed E-state index contributed by atoms with van der Waals surface area (Å²) < 4.78 is 136. The van der Waals surface area contributed by atoms with Crippen LogP contribution in [0.25, 0.3) is 0 Å². The first-order chi connectivity index (χ1) is 45.1. The molecule has 2 aromatic heterocycles. The largest absolute Gasteiger partial charge is 0.870 e. The second-order valence-corrected chi connectivity index (χ2v) is 30.6. The highest BCUT2D eigenvalue weighted by atomic mass is 35.7. The number of pyridine rings is 2. The molecular weight excluding hydrogens is 1500 g/mol. The van der Waals surface area contributed by atoms with Gasteiger partial charge in [-0.1, -0.05) is 70.7 Å². The summed E-state index contributed by atoms with van der Waals surface area (Å²) in [6.07, 6.45) is 8.46. The van der Waals surface area contributed by atoms with Gasteiger partial charge in [0, 0.05) is 98.6 Å². The van der Waals surface area contributed by atoms with E-state index < -0.39 is 67.2 Å². The highest BCUT2D eigenvalue weighted by Crippen LogP contribution is 2.42. The smallest absolute Gasteiger partial charge is 0.387 e. The lowest BCUT2D eigenvalue weighted by Gasteiger charge is -2.26. The molecule has 2 aliphatic heterocycles. The summed E-state index contributed by atoms with van der Waals surface area (Å²) >= 11 is 28.1. The van der Waals surface area contributed by atoms with Gasteiger partial charge in [-0.05, 0) is 109 Å². The number of nitrogens with zero attached hydrogens (tertiary/aromatic N) is 3. The number of halogens is 10. The minimum Gasteiger partial charge on any atom is -0.870 e. The third kappa shape index (κ3) is 23.4. The fourth-order valence-electron chi connectivity index (χ4n) is 9.30. The van der Waals surface area contributed by atoms with Crippen molar-refractivity contribution in [3.8, 4) is 23.0 Å². The second kappa shape index (κ2) is 37.7. The van der Waals surface area contributed by atoms with Crippen molar-refractivity contribution < 1.29 is 103 Å². The molecule has 0 unspecified atom stereocenters. The Labute approximate surface area is 602 Å². The molecule has 2 saturated heterocycles. The molecule has 10 rings (SSSR count). The van der Waals surface area contributed by atoms with Crippen LogP contribution in [-0.2, 0) is 51.0 Å². The number of esters is 2. The minimum atomic E-state index is -4.23. The zero-order valence-electron chi connectivity index (χ0n) is 52.4. The average molecular weight is 1570 g/mol. The van der Waals surface area contributed by atoms with Crippen molar-refractivity contribution in [1.82, 2.24) is 19.4 Å². The van der Waals surface area contributed by atoms with Crippen molar-refractivity contribution >= 4 is 136 Å². The molecule has 36 heteroatoms. The molecule has 4 fully saturated rings. The van der Waals surface area contributed by atoms with Gasteiger partial charge in [-0.2, -0.15) is 21.9 Å². The summed E-state index contributed by atoms with van der Waals surface area (Å²) in [6.45, 7) is -4.65. The van der Waals surface area contributed by atoms with E-state index in [1.54, 1.807) is 52.7 Å². The first-order valence-corrected chi connectivity index (χ1v) is 36.5. The highest BCUT2D eigenvalue weighted by Gasteiger charge is 2.43. The number of carbonyl (C=O) groups is 4. The van der Waals surface area contributed by atoms with Crippen LogP contribution in [0, 0.1) is 11.8 Å². The summed E-state index contributed by atoms with van der Waals surface area (Å²) in [5.41, 5.74) is 2.41. The number of sulfonamides is 1. The van der Waals surface area contributed by atoms with E-state index in [1.165, 1.54) is 107 Å². The summed E-state index contributed by atoms with van der Waals surface area (Å²) in [4.78, 5) is 58.8. The van der Waals surface area contributed by atoms with Crippen LogP contribution in [0.4, 0.5) is 17.6 Å². The van der Waals surface area contributed by atoms with Gasteiger partial charge in [-0.25, -0.2) is 36.4 Å². The van der Waals surface area contributed by atoms with Crippen LogP contribution >= 0.6 is 93.0 Å². The first kappa shape index (κ1) is 82.8. The van der Waals surface area contributed by atoms with Gasteiger partial charge in [-0.3, -0.25) is 14.9 Å². The Balaban J connectivity index is 0.000000295. The number of alkyl halides is 4. The van der Waals surface area contributed by atoms with Crippen molar-refractivity contribution in [1.29, 1.82) is 0 Å². The van der Waals surface area contributed by atoms with Gasteiger partial charge >= 0.3 is 25.2 Å². The lowest BCUT2D eigenvalue weighted by Crippen LogP contribution is -2.40. The van der Waals surface area contributed by atoms with Gasteiger partial charge in [0.15, 0.2) is 58.5 Å². The number of hydrogen-bond donors (Lipinski definition) is 1. The van der Waals surface area contributed by atoms with Gasteiger partial charge < -0.3 is 49.2 Å². The number of hydrogen-bond acceptors (Lipinski definition) is 19. The number of aromatic amines is 2. The maximum absolute atomic E-state index is 13.8. The Hall–Kier alpha value is -5.84. The molecule has 2 amide bonds. The second-order valence-electron chi connectivity index (χ2n) is 22.1. The quantitative estimate of drug-likeness (QED) is 0.0316. The van der Waals surface area contributed by atoms with E-state index in [2.05, 4.69) is 24.8 Å². The topological polar surface area (TPSA) is 302 Å². The molecule has 6 aromatic rings. The van der Waals surface area contributed by atoms with Crippen molar-refractivity contribution in [2.45, 2.75) is 84.5 Å². The molecule has 0 radical (unpaired) electrons. The lowest BCUT2D eigenvalue weighted by atomic mass is 10.0. The van der Waals surface area contributed by atoms with Crippen molar-refractivity contribution in [2.24, 2.45) is 11.8 Å². The number of H-pyrrole nitrogens is 2. The first-order valence-electron chi connectivity index (χ1n) is 29.2. The van der Waals surface area contributed by atoms with Gasteiger partial charge in [0.1, 0.15) is 32.3 Å². The van der Waals surface area contributed by atoms with Crippen molar-refractivity contribution in [3.05, 3.63) is 163 Å². The zero-order valence-corrected chi connectivity index (χ0v) is 60.3. The molecule has 22 nitrogen and oxygen atoms in total. The molecule has 4 aromatic carbocycles. The summed E-state index contributed by atoms with van der Waals surface area (Å²) in [7, 11) is 3.43. The van der Waals surface area contributed by atoms with Gasteiger partial charge in [0.05, 0.1) is 23.0 Å². The van der Waals surface area contributed by atoms with Crippen molar-refractivity contribution in [2.75, 3.05) is 66.0 Å². The van der Waals surface area contributed by atoms with Crippen molar-refractivity contribution in [3.63, 3.8) is 0 Å². The maximum Gasteiger partial charge on any atom is 0.387 e. The summed E-state index contributed by atoms with van der Waals surface area (Å²) in [5.74, 6) is -0.139. The number of aromatic nitrogens is 2. The number of amides is 2. The van der Waals surface area contributed by atoms with Crippen LogP contribution in [-0.4, -0.2) is 156 Å². The SMILES string of the molecule is CN(C)C(=O)c1cccc(S(=O)(=O)Cl)c1.CN(C)C(=O)c1cccc(S(=O)(=O)N2CCS[C@H]2C(=O)O[C@@H](Cc2c(Cl)c[nH+]cc2Cl)c2ccc(OC(F)F)c(OCC3CC3)c2)c1.Cl.O=C(O[C@@H](Cc1c(Cl)c[nH+]cc1Cl)c1ccc(OC(F)F)c(OCC2CC2)c1)[C@H]1NCCS1.[OH-].[OH-]. The summed E-state index contributed by atoms with van der Waals surface area (Å²) in [6, 6.07) is 20.0. The lowest BCUT2D eigenvalue weighted by molar-refractivity contribution is -0.378. The Kier molecular flexibility index (Phi) is 31.9. The number of carbonyl (C=O) groups excluding carboxylic acids is 4. The molecule has 0 bridgehead atoms. The van der Waals surface area contributed by atoms with Gasteiger partial charge in [-0.15, -0.1) is 35.9 Å². The van der Waals surface area contributed by atoms with E-state index in [1.807, 2.05) is 0 Å². The fourth-order valence-corrected chi connectivity index (χ4v) is 15.2.